The third-order valence-corrected chi connectivity index (χ3v) is 6.61. The lowest BCUT2D eigenvalue weighted by Gasteiger charge is -2.09. The lowest BCUT2D eigenvalue weighted by atomic mass is 10.0. The summed E-state index contributed by atoms with van der Waals surface area (Å²) in [5.41, 5.74) is 9.49. The van der Waals surface area contributed by atoms with Crippen LogP contribution in [0.1, 0.15) is 40.1 Å². The van der Waals surface area contributed by atoms with E-state index in [0.717, 1.165) is 34.9 Å². The number of fused-ring (bicyclic) bond motifs is 1. The quantitative estimate of drug-likeness (QED) is 0.537. The van der Waals surface area contributed by atoms with Gasteiger partial charge < -0.3 is 4.42 Å². The number of rotatable bonds is 6. The molecule has 0 saturated heterocycles. The second-order valence-electron chi connectivity index (χ2n) is 7.46. The molecule has 29 heavy (non-hydrogen) atoms. The Bertz CT molecular complexity index is 1190. The van der Waals surface area contributed by atoms with E-state index in [1.54, 1.807) is 12.1 Å². The third kappa shape index (κ3) is 3.86. The van der Waals surface area contributed by atoms with E-state index in [9.17, 15) is 13.2 Å². The van der Waals surface area contributed by atoms with Crippen LogP contribution >= 0.6 is 0 Å². The number of aryl methyl sites for hydroxylation is 3. The molecule has 1 aliphatic carbocycles. The van der Waals surface area contributed by atoms with Crippen molar-refractivity contribution >= 4 is 32.6 Å². The average Bonchev–Trinajstić information content (AvgIpc) is 3.42. The van der Waals surface area contributed by atoms with E-state index in [-0.39, 0.29) is 16.7 Å². The normalized spacial score (nSPS) is 14.2. The maximum Gasteiger partial charge on any atom is 0.305 e. The summed E-state index contributed by atoms with van der Waals surface area (Å²) in [5, 5.41) is 0.952. The van der Waals surface area contributed by atoms with Gasteiger partial charge in [-0.05, 0) is 69.0 Å². The minimum atomic E-state index is -3.50. The van der Waals surface area contributed by atoms with Crippen LogP contribution in [0.3, 0.4) is 0 Å². The van der Waals surface area contributed by atoms with Crippen LogP contribution in [-0.2, 0) is 10.0 Å². The van der Waals surface area contributed by atoms with Crippen LogP contribution in [0.2, 0.25) is 0 Å². The Balaban J connectivity index is 1.47. The van der Waals surface area contributed by atoms with Gasteiger partial charge in [0.2, 0.25) is 10.0 Å². The SMILES string of the molecule is Cc1ccc(C)c2c(C)c(C(=O)NNc3ccc(S(=O)(=O)NC4CC4)cc3)oc12. The van der Waals surface area contributed by atoms with Crippen LogP contribution in [0.25, 0.3) is 11.0 Å². The van der Waals surface area contributed by atoms with Gasteiger partial charge in [-0.15, -0.1) is 0 Å². The summed E-state index contributed by atoms with van der Waals surface area (Å²) in [6, 6.07) is 10.2. The Morgan fingerprint density at radius 2 is 1.66 bits per heavy atom. The fourth-order valence-corrected chi connectivity index (χ4v) is 4.59. The van der Waals surface area contributed by atoms with E-state index in [1.807, 2.05) is 32.9 Å². The molecule has 4 rings (SSSR count). The predicted molar refractivity (Wildman–Crippen MR) is 111 cm³/mol. The smallest absolute Gasteiger partial charge is 0.305 e. The number of hydrogen-bond donors (Lipinski definition) is 3. The molecule has 2 aromatic carbocycles. The molecule has 7 nitrogen and oxygen atoms in total. The first-order chi connectivity index (χ1) is 13.8. The molecule has 1 aromatic heterocycles. The maximum absolute atomic E-state index is 12.6. The molecule has 1 heterocycles. The number of carbonyl (C=O) groups is 1. The van der Waals surface area contributed by atoms with Crippen LogP contribution in [-0.4, -0.2) is 20.4 Å². The molecule has 0 atom stereocenters. The van der Waals surface area contributed by atoms with Crippen LogP contribution in [0.4, 0.5) is 5.69 Å². The van der Waals surface area contributed by atoms with E-state index >= 15 is 0 Å². The van der Waals surface area contributed by atoms with Gasteiger partial charge in [-0.2, -0.15) is 0 Å². The summed E-state index contributed by atoms with van der Waals surface area (Å²) in [7, 11) is -3.50. The molecule has 0 bridgehead atoms. The highest BCUT2D eigenvalue weighted by molar-refractivity contribution is 7.89. The summed E-state index contributed by atoms with van der Waals surface area (Å²) in [4.78, 5) is 12.8. The first kappa shape index (κ1) is 19.5. The molecule has 152 valence electrons. The summed E-state index contributed by atoms with van der Waals surface area (Å²) < 4.78 is 32.9. The summed E-state index contributed by atoms with van der Waals surface area (Å²) in [6.45, 7) is 5.79. The number of benzene rings is 2. The van der Waals surface area contributed by atoms with Gasteiger partial charge in [0.25, 0.3) is 0 Å². The highest BCUT2D eigenvalue weighted by Crippen LogP contribution is 2.30. The standard InChI is InChI=1S/C21H23N3O4S/c1-12-4-5-13(2)19-18(12)14(3)20(28-19)21(25)23-22-15-8-10-17(11-9-15)29(26,27)24-16-6-7-16/h4-5,8-11,16,22,24H,6-7H2,1-3H3,(H,23,25). The van der Waals surface area contributed by atoms with Gasteiger partial charge in [0, 0.05) is 17.0 Å². The summed E-state index contributed by atoms with van der Waals surface area (Å²) in [5.74, 6) is -0.151. The van der Waals surface area contributed by atoms with Gasteiger partial charge >= 0.3 is 5.91 Å². The van der Waals surface area contributed by atoms with E-state index in [4.69, 9.17) is 4.42 Å². The van der Waals surface area contributed by atoms with Gasteiger partial charge in [0.05, 0.1) is 10.6 Å². The number of amides is 1. The molecule has 0 spiro atoms. The number of furan rings is 1. The Morgan fingerprint density at radius 1 is 1.00 bits per heavy atom. The van der Waals surface area contributed by atoms with Crippen molar-refractivity contribution in [2.75, 3.05) is 5.43 Å². The second-order valence-corrected chi connectivity index (χ2v) is 9.17. The van der Waals surface area contributed by atoms with E-state index < -0.39 is 15.9 Å². The first-order valence-electron chi connectivity index (χ1n) is 9.44. The fraction of sp³-hybridized carbons (Fsp3) is 0.286. The molecule has 3 N–H and O–H groups in total. The van der Waals surface area contributed by atoms with Gasteiger partial charge in [0.15, 0.2) is 5.76 Å². The lowest BCUT2D eigenvalue weighted by molar-refractivity contribution is 0.0936. The highest BCUT2D eigenvalue weighted by atomic mass is 32.2. The van der Waals surface area contributed by atoms with E-state index in [0.29, 0.717) is 11.3 Å². The van der Waals surface area contributed by atoms with Crippen molar-refractivity contribution < 1.29 is 17.6 Å². The predicted octanol–water partition coefficient (Wildman–Crippen LogP) is 3.56. The van der Waals surface area contributed by atoms with Crippen LogP contribution in [0.15, 0.2) is 45.7 Å². The summed E-state index contributed by atoms with van der Waals surface area (Å²) in [6.07, 6.45) is 1.76. The Hall–Kier alpha value is -2.84. The molecule has 0 unspecified atom stereocenters. The third-order valence-electron chi connectivity index (χ3n) is 5.07. The van der Waals surface area contributed by atoms with Gasteiger partial charge in [0.1, 0.15) is 5.58 Å². The maximum atomic E-state index is 12.6. The van der Waals surface area contributed by atoms with Gasteiger partial charge in [-0.25, -0.2) is 13.1 Å². The lowest BCUT2D eigenvalue weighted by Crippen LogP contribution is -2.29. The number of carbonyl (C=O) groups excluding carboxylic acids is 1. The molecule has 8 heteroatoms. The molecule has 1 aliphatic rings. The van der Waals surface area contributed by atoms with Crippen molar-refractivity contribution in [1.82, 2.24) is 10.1 Å². The molecule has 1 fully saturated rings. The molecule has 0 radical (unpaired) electrons. The minimum Gasteiger partial charge on any atom is -0.450 e. The molecular formula is C21H23N3O4S. The summed E-state index contributed by atoms with van der Waals surface area (Å²) >= 11 is 0. The van der Waals surface area contributed by atoms with Crippen LogP contribution in [0, 0.1) is 20.8 Å². The molecule has 1 saturated carbocycles. The Morgan fingerprint density at radius 3 is 2.28 bits per heavy atom. The highest BCUT2D eigenvalue weighted by Gasteiger charge is 2.27. The van der Waals surface area contributed by atoms with Crippen molar-refractivity contribution in [2.24, 2.45) is 0 Å². The average molecular weight is 413 g/mol. The van der Waals surface area contributed by atoms with Gasteiger partial charge in [-0.3, -0.25) is 15.6 Å². The monoisotopic (exact) mass is 413 g/mol. The topological polar surface area (TPSA) is 100 Å². The zero-order valence-corrected chi connectivity index (χ0v) is 17.3. The van der Waals surface area contributed by atoms with Crippen molar-refractivity contribution in [2.45, 2.75) is 44.6 Å². The van der Waals surface area contributed by atoms with Crippen molar-refractivity contribution in [3.8, 4) is 0 Å². The number of hydrazine groups is 1. The number of sulfonamides is 1. The van der Waals surface area contributed by atoms with Crippen LogP contribution in [0.5, 0.6) is 0 Å². The zero-order chi connectivity index (χ0) is 20.8. The molecule has 1 amide bonds. The molecule has 3 aromatic rings. The first-order valence-corrected chi connectivity index (χ1v) is 10.9. The Kier molecular flexibility index (Phi) is 4.84. The largest absolute Gasteiger partial charge is 0.450 e. The van der Waals surface area contributed by atoms with Crippen molar-refractivity contribution in [3.05, 3.63) is 58.8 Å². The molecule has 0 aliphatic heterocycles. The Labute approximate surface area is 169 Å². The molecular weight excluding hydrogens is 390 g/mol. The number of nitrogens with one attached hydrogen (secondary N) is 3. The second kappa shape index (κ2) is 7.20. The zero-order valence-electron chi connectivity index (χ0n) is 16.5. The minimum absolute atomic E-state index is 0.0522. The number of hydrogen-bond acceptors (Lipinski definition) is 5. The van der Waals surface area contributed by atoms with Crippen LogP contribution < -0.4 is 15.6 Å². The van der Waals surface area contributed by atoms with Crippen molar-refractivity contribution in [1.29, 1.82) is 0 Å². The number of anilines is 1. The fourth-order valence-electron chi connectivity index (χ4n) is 3.28. The van der Waals surface area contributed by atoms with E-state index in [1.165, 1.54) is 12.1 Å². The van der Waals surface area contributed by atoms with Crippen molar-refractivity contribution in [3.63, 3.8) is 0 Å². The van der Waals surface area contributed by atoms with E-state index in [2.05, 4.69) is 15.6 Å². The van der Waals surface area contributed by atoms with Gasteiger partial charge in [-0.1, -0.05) is 12.1 Å².